The molecule has 0 bridgehead atoms. The fraction of sp³-hybridized carbons (Fsp3) is 0.211. The molecule has 0 amide bonds. The van der Waals surface area contributed by atoms with Crippen LogP contribution in [0.1, 0.15) is 17.0 Å². The quantitative estimate of drug-likeness (QED) is 0.593. The van der Waals surface area contributed by atoms with Crippen LogP contribution in [-0.4, -0.2) is 26.9 Å². The number of pyridine rings is 1. The number of para-hydroxylation sites is 1. The van der Waals surface area contributed by atoms with Gasteiger partial charge in [-0.05, 0) is 32.0 Å². The molecule has 0 aliphatic rings. The molecule has 1 aromatic carbocycles. The molecular formula is C19H19N5O2. The second-order valence-electron chi connectivity index (χ2n) is 6.02. The Bertz CT molecular complexity index is 1050. The fourth-order valence-electron chi connectivity index (χ4n) is 3.15. The first-order chi connectivity index (χ1) is 12.7. The van der Waals surface area contributed by atoms with Gasteiger partial charge in [0, 0.05) is 17.7 Å². The van der Waals surface area contributed by atoms with Crippen LogP contribution in [0.4, 0.5) is 5.82 Å². The second kappa shape index (κ2) is 6.51. The Hall–Kier alpha value is -3.35. The van der Waals surface area contributed by atoms with Crippen molar-refractivity contribution in [1.29, 1.82) is 0 Å². The predicted octanol–water partition coefficient (Wildman–Crippen LogP) is 3.62. The van der Waals surface area contributed by atoms with Crippen LogP contribution in [0.5, 0.6) is 5.75 Å². The highest BCUT2D eigenvalue weighted by atomic mass is 16.5. The maximum Gasteiger partial charge on any atom is 0.170 e. The van der Waals surface area contributed by atoms with E-state index in [1.54, 1.807) is 13.4 Å². The van der Waals surface area contributed by atoms with E-state index < -0.39 is 0 Å². The largest absolute Gasteiger partial charge is 0.496 e. The molecule has 7 heteroatoms. The molecule has 0 saturated heterocycles. The Balaban J connectivity index is 1.70. The predicted molar refractivity (Wildman–Crippen MR) is 98.3 cm³/mol. The van der Waals surface area contributed by atoms with Crippen LogP contribution >= 0.6 is 0 Å². The van der Waals surface area contributed by atoms with Crippen LogP contribution in [0.25, 0.3) is 16.8 Å². The van der Waals surface area contributed by atoms with E-state index in [1.807, 2.05) is 54.6 Å². The van der Waals surface area contributed by atoms with Crippen LogP contribution in [0.15, 0.2) is 47.2 Å². The third-order valence-electron chi connectivity index (χ3n) is 4.41. The lowest BCUT2D eigenvalue weighted by atomic mass is 10.1. The molecular weight excluding hydrogens is 330 g/mol. The summed E-state index contributed by atoms with van der Waals surface area (Å²) in [5.41, 5.74) is 4.57. The van der Waals surface area contributed by atoms with Crippen LogP contribution in [0, 0.1) is 13.8 Å². The number of ether oxygens (including phenoxy) is 1. The Morgan fingerprint density at radius 3 is 2.77 bits per heavy atom. The van der Waals surface area contributed by atoms with Crippen molar-refractivity contribution in [1.82, 2.24) is 19.8 Å². The van der Waals surface area contributed by atoms with E-state index in [1.165, 1.54) is 0 Å². The van der Waals surface area contributed by atoms with E-state index >= 15 is 0 Å². The number of fused-ring (bicyclic) bond motifs is 1. The van der Waals surface area contributed by atoms with Gasteiger partial charge in [-0.15, -0.1) is 10.2 Å². The minimum absolute atomic E-state index is 0.627. The summed E-state index contributed by atoms with van der Waals surface area (Å²) >= 11 is 0. The average Bonchev–Trinajstić information content (AvgIpc) is 3.27. The van der Waals surface area contributed by atoms with Gasteiger partial charge < -0.3 is 14.6 Å². The molecule has 0 atom stereocenters. The molecule has 0 radical (unpaired) electrons. The number of methoxy groups -OCH3 is 1. The molecule has 0 aliphatic heterocycles. The molecule has 4 rings (SSSR count). The van der Waals surface area contributed by atoms with E-state index in [0.29, 0.717) is 6.54 Å². The Labute approximate surface area is 150 Å². The van der Waals surface area contributed by atoms with E-state index in [-0.39, 0.29) is 0 Å². The van der Waals surface area contributed by atoms with Crippen LogP contribution in [-0.2, 0) is 6.54 Å². The normalized spacial score (nSPS) is 11.0. The first kappa shape index (κ1) is 16.1. The molecule has 0 unspecified atom stereocenters. The number of benzene rings is 1. The van der Waals surface area contributed by atoms with Crippen molar-refractivity contribution in [3.05, 3.63) is 59.7 Å². The number of rotatable bonds is 5. The summed E-state index contributed by atoms with van der Waals surface area (Å²) in [4.78, 5) is 0. The molecule has 3 aromatic heterocycles. The van der Waals surface area contributed by atoms with Crippen molar-refractivity contribution in [3.8, 4) is 16.9 Å². The van der Waals surface area contributed by atoms with E-state index in [0.717, 1.165) is 45.4 Å². The van der Waals surface area contributed by atoms with Gasteiger partial charge in [-0.3, -0.25) is 4.40 Å². The zero-order valence-electron chi connectivity index (χ0n) is 14.9. The zero-order chi connectivity index (χ0) is 18.1. The lowest BCUT2D eigenvalue weighted by molar-refractivity contribution is 0.393. The number of nitrogens with zero attached hydrogens (tertiary/aromatic N) is 4. The summed E-state index contributed by atoms with van der Waals surface area (Å²) in [6.45, 7) is 4.45. The van der Waals surface area contributed by atoms with Gasteiger partial charge in [0.25, 0.3) is 0 Å². The third-order valence-corrected chi connectivity index (χ3v) is 4.41. The van der Waals surface area contributed by atoms with Crippen molar-refractivity contribution >= 4 is 11.5 Å². The van der Waals surface area contributed by atoms with Crippen molar-refractivity contribution in [3.63, 3.8) is 0 Å². The maximum absolute atomic E-state index is 5.41. The summed E-state index contributed by atoms with van der Waals surface area (Å²) < 4.78 is 12.6. The topological polar surface area (TPSA) is 77.5 Å². The Morgan fingerprint density at radius 1 is 1.15 bits per heavy atom. The number of hydrogen-bond donors (Lipinski definition) is 1. The van der Waals surface area contributed by atoms with Crippen LogP contribution in [0.3, 0.4) is 0 Å². The Morgan fingerprint density at radius 2 is 2.00 bits per heavy atom. The highest BCUT2D eigenvalue weighted by Gasteiger charge is 2.17. The summed E-state index contributed by atoms with van der Waals surface area (Å²) in [6, 6.07) is 12.0. The van der Waals surface area contributed by atoms with E-state index in [2.05, 4.69) is 20.7 Å². The zero-order valence-corrected chi connectivity index (χ0v) is 14.9. The molecule has 26 heavy (non-hydrogen) atoms. The molecule has 7 nitrogen and oxygen atoms in total. The number of nitrogens with one attached hydrogen (secondary N) is 1. The minimum atomic E-state index is 0.627. The average molecular weight is 349 g/mol. The van der Waals surface area contributed by atoms with E-state index in [4.69, 9.17) is 9.26 Å². The monoisotopic (exact) mass is 349 g/mol. The molecule has 4 aromatic rings. The lowest BCUT2D eigenvalue weighted by Crippen LogP contribution is -2.05. The smallest absolute Gasteiger partial charge is 0.170 e. The van der Waals surface area contributed by atoms with Gasteiger partial charge in [0.15, 0.2) is 5.65 Å². The lowest BCUT2D eigenvalue weighted by Gasteiger charge is -2.13. The summed E-state index contributed by atoms with van der Waals surface area (Å²) in [6.07, 6.45) is 1.70. The summed E-state index contributed by atoms with van der Waals surface area (Å²) in [7, 11) is 1.68. The maximum atomic E-state index is 5.41. The minimum Gasteiger partial charge on any atom is -0.496 e. The third kappa shape index (κ3) is 2.67. The van der Waals surface area contributed by atoms with Crippen LogP contribution in [0.2, 0.25) is 0 Å². The van der Waals surface area contributed by atoms with Crippen LogP contribution < -0.4 is 10.1 Å². The second-order valence-corrected chi connectivity index (χ2v) is 6.02. The first-order valence-electron chi connectivity index (χ1n) is 8.31. The number of anilines is 1. The Kier molecular flexibility index (Phi) is 4.04. The van der Waals surface area contributed by atoms with Crippen molar-refractivity contribution in [2.45, 2.75) is 20.4 Å². The number of aromatic nitrogens is 4. The van der Waals surface area contributed by atoms with E-state index in [9.17, 15) is 0 Å². The molecule has 0 aliphatic carbocycles. The van der Waals surface area contributed by atoms with Gasteiger partial charge in [-0.2, -0.15) is 0 Å². The van der Waals surface area contributed by atoms with Gasteiger partial charge >= 0.3 is 0 Å². The summed E-state index contributed by atoms with van der Waals surface area (Å²) in [5.74, 6) is 2.51. The van der Waals surface area contributed by atoms with Gasteiger partial charge in [-0.1, -0.05) is 23.4 Å². The fourth-order valence-corrected chi connectivity index (χ4v) is 3.15. The summed E-state index contributed by atoms with van der Waals surface area (Å²) in [5, 5.41) is 15.8. The molecule has 1 N–H and O–H groups in total. The number of hydrogen-bond acceptors (Lipinski definition) is 6. The highest BCUT2D eigenvalue weighted by Crippen LogP contribution is 2.31. The van der Waals surface area contributed by atoms with Gasteiger partial charge in [0.1, 0.15) is 23.7 Å². The molecule has 0 saturated carbocycles. The van der Waals surface area contributed by atoms with Crippen molar-refractivity contribution < 1.29 is 9.26 Å². The van der Waals surface area contributed by atoms with Gasteiger partial charge in [-0.25, -0.2) is 0 Å². The number of aryl methyl sites for hydroxylation is 2. The molecule has 3 heterocycles. The van der Waals surface area contributed by atoms with Crippen molar-refractivity contribution in [2.24, 2.45) is 0 Å². The molecule has 0 fully saturated rings. The SMILES string of the molecule is COc1ccccc1CNc1ccc(-c2c(C)noc2C)c2nncn12. The molecule has 132 valence electrons. The van der Waals surface area contributed by atoms with Crippen molar-refractivity contribution in [2.75, 3.05) is 12.4 Å². The van der Waals surface area contributed by atoms with Gasteiger partial charge in [0.05, 0.1) is 18.4 Å². The molecule has 0 spiro atoms. The first-order valence-corrected chi connectivity index (χ1v) is 8.31. The highest BCUT2D eigenvalue weighted by molar-refractivity contribution is 5.81. The standard InChI is InChI=1S/C19H19N5O2/c1-12-18(13(2)26-23-12)15-8-9-17(24-11-21-22-19(15)24)20-10-14-6-4-5-7-16(14)25-3/h4-9,11,20H,10H2,1-3H3. The van der Waals surface area contributed by atoms with Gasteiger partial charge in [0.2, 0.25) is 0 Å².